The van der Waals surface area contributed by atoms with Gasteiger partial charge in [0.25, 0.3) is 0 Å². The maximum atomic E-state index is 5.47. The number of thiazole rings is 1. The second kappa shape index (κ2) is 9.54. The number of anilines is 1. The van der Waals surface area contributed by atoms with Crippen molar-refractivity contribution in [3.63, 3.8) is 0 Å². The lowest BCUT2D eigenvalue weighted by molar-refractivity contribution is 0.122. The Kier molecular flexibility index (Phi) is 6.85. The molecular formula is C19H27N5OS. The summed E-state index contributed by atoms with van der Waals surface area (Å²) in [6.07, 6.45) is 1.91. The Morgan fingerprint density at radius 2 is 2.08 bits per heavy atom. The van der Waals surface area contributed by atoms with Gasteiger partial charge in [-0.05, 0) is 25.5 Å². The van der Waals surface area contributed by atoms with Crippen LogP contribution in [-0.4, -0.2) is 43.8 Å². The minimum atomic E-state index is 0.639. The molecule has 0 radical (unpaired) electrons. The topological polar surface area (TPSA) is 61.8 Å². The van der Waals surface area contributed by atoms with Crippen molar-refractivity contribution >= 4 is 23.0 Å². The Morgan fingerprint density at radius 3 is 2.81 bits per heavy atom. The van der Waals surface area contributed by atoms with Crippen LogP contribution >= 0.6 is 11.3 Å². The number of nitrogens with one attached hydrogen (secondary N) is 2. The number of ether oxygens (including phenoxy) is 1. The summed E-state index contributed by atoms with van der Waals surface area (Å²) in [4.78, 5) is 12.8. The molecule has 0 bridgehead atoms. The summed E-state index contributed by atoms with van der Waals surface area (Å²) in [5, 5.41) is 7.75. The van der Waals surface area contributed by atoms with Gasteiger partial charge in [-0.25, -0.2) is 9.98 Å². The fourth-order valence-corrected chi connectivity index (χ4v) is 3.63. The van der Waals surface area contributed by atoms with Gasteiger partial charge in [0.1, 0.15) is 5.01 Å². The van der Waals surface area contributed by atoms with E-state index < -0.39 is 0 Å². The van der Waals surface area contributed by atoms with Crippen molar-refractivity contribution in [1.29, 1.82) is 0 Å². The molecule has 3 rings (SSSR count). The van der Waals surface area contributed by atoms with Gasteiger partial charge < -0.3 is 20.3 Å². The molecule has 26 heavy (non-hydrogen) atoms. The highest BCUT2D eigenvalue weighted by molar-refractivity contribution is 7.11. The summed E-state index contributed by atoms with van der Waals surface area (Å²) in [5.41, 5.74) is 2.49. The van der Waals surface area contributed by atoms with Crippen molar-refractivity contribution in [2.24, 2.45) is 4.99 Å². The number of benzene rings is 1. The predicted molar refractivity (Wildman–Crippen MR) is 108 cm³/mol. The molecule has 0 amide bonds. The van der Waals surface area contributed by atoms with Crippen molar-refractivity contribution in [3.05, 3.63) is 45.9 Å². The fourth-order valence-electron chi connectivity index (χ4n) is 2.91. The van der Waals surface area contributed by atoms with Gasteiger partial charge >= 0.3 is 0 Å². The van der Waals surface area contributed by atoms with E-state index in [2.05, 4.69) is 58.6 Å². The van der Waals surface area contributed by atoms with Crippen molar-refractivity contribution in [3.8, 4) is 0 Å². The van der Waals surface area contributed by atoms with Crippen LogP contribution in [0.25, 0.3) is 0 Å². The first kappa shape index (κ1) is 18.7. The van der Waals surface area contributed by atoms with Gasteiger partial charge in [-0.15, -0.1) is 11.3 Å². The number of aromatic nitrogens is 1. The summed E-state index contributed by atoms with van der Waals surface area (Å²) >= 11 is 1.71. The Labute approximate surface area is 159 Å². The normalized spacial score (nSPS) is 15.2. The van der Waals surface area contributed by atoms with Crippen LogP contribution in [0, 0.1) is 6.92 Å². The predicted octanol–water partition coefficient (Wildman–Crippen LogP) is 2.54. The highest BCUT2D eigenvalue weighted by Gasteiger charge is 2.14. The molecule has 0 atom stereocenters. The zero-order valence-corrected chi connectivity index (χ0v) is 16.3. The molecule has 2 N–H and O–H groups in total. The summed E-state index contributed by atoms with van der Waals surface area (Å²) < 4.78 is 5.47. The Bertz CT molecular complexity index is 724. The number of nitrogens with zero attached hydrogens (tertiary/aromatic N) is 3. The smallest absolute Gasteiger partial charge is 0.191 e. The summed E-state index contributed by atoms with van der Waals surface area (Å²) in [7, 11) is 0. The summed E-state index contributed by atoms with van der Waals surface area (Å²) in [5.74, 6) is 0.817. The van der Waals surface area contributed by atoms with Gasteiger partial charge in [0.15, 0.2) is 5.96 Å². The second-order valence-electron chi connectivity index (χ2n) is 6.14. The van der Waals surface area contributed by atoms with Crippen molar-refractivity contribution < 1.29 is 4.74 Å². The third-order valence-electron chi connectivity index (χ3n) is 4.17. The van der Waals surface area contributed by atoms with Gasteiger partial charge in [-0.1, -0.05) is 18.2 Å². The van der Waals surface area contributed by atoms with E-state index in [4.69, 9.17) is 9.73 Å². The van der Waals surface area contributed by atoms with Gasteiger partial charge in [-0.2, -0.15) is 0 Å². The third kappa shape index (κ3) is 5.19. The van der Waals surface area contributed by atoms with Crippen LogP contribution in [0.5, 0.6) is 0 Å². The lowest BCUT2D eigenvalue weighted by atomic mass is 10.1. The van der Waals surface area contributed by atoms with E-state index in [9.17, 15) is 0 Å². The number of para-hydroxylation sites is 1. The lowest BCUT2D eigenvalue weighted by Crippen LogP contribution is -2.37. The molecule has 0 aliphatic carbocycles. The minimum Gasteiger partial charge on any atom is -0.378 e. The van der Waals surface area contributed by atoms with Crippen LogP contribution < -0.4 is 15.5 Å². The van der Waals surface area contributed by atoms with E-state index in [-0.39, 0.29) is 0 Å². The van der Waals surface area contributed by atoms with E-state index >= 15 is 0 Å². The average Bonchev–Trinajstić information content (AvgIpc) is 3.10. The zero-order chi connectivity index (χ0) is 18.2. The molecule has 0 saturated carbocycles. The minimum absolute atomic E-state index is 0.639. The molecule has 2 heterocycles. The van der Waals surface area contributed by atoms with Crippen LogP contribution in [0.1, 0.15) is 22.4 Å². The first-order chi connectivity index (χ1) is 12.8. The Balaban J connectivity index is 1.67. The molecule has 1 aliphatic heterocycles. The molecule has 1 aliphatic rings. The van der Waals surface area contributed by atoms with Gasteiger partial charge in [0.2, 0.25) is 0 Å². The quantitative estimate of drug-likeness (QED) is 0.602. The maximum absolute atomic E-state index is 5.47. The van der Waals surface area contributed by atoms with E-state index in [0.717, 1.165) is 43.8 Å². The molecule has 1 fully saturated rings. The monoisotopic (exact) mass is 373 g/mol. The molecule has 1 aromatic heterocycles. The fraction of sp³-hybridized carbons (Fsp3) is 0.474. The molecular weight excluding hydrogens is 346 g/mol. The Hall–Kier alpha value is -2.12. The number of aliphatic imine (C=N–C) groups is 1. The van der Waals surface area contributed by atoms with Crippen molar-refractivity contribution in [2.45, 2.75) is 26.9 Å². The molecule has 1 aromatic carbocycles. The summed E-state index contributed by atoms with van der Waals surface area (Å²) in [6.45, 7) is 9.74. The van der Waals surface area contributed by atoms with Crippen LogP contribution in [-0.2, 0) is 17.8 Å². The average molecular weight is 374 g/mol. The van der Waals surface area contributed by atoms with Crippen LogP contribution in [0.3, 0.4) is 0 Å². The van der Waals surface area contributed by atoms with Crippen molar-refractivity contribution in [1.82, 2.24) is 15.6 Å². The SMILES string of the molecule is CCNC(=NCc1ccccc1N1CCOCC1)NCc1ncc(C)s1. The molecule has 7 heteroatoms. The van der Waals surface area contributed by atoms with Crippen LogP contribution in [0.2, 0.25) is 0 Å². The first-order valence-corrected chi connectivity index (χ1v) is 9.92. The highest BCUT2D eigenvalue weighted by Crippen LogP contribution is 2.22. The van der Waals surface area contributed by atoms with Gasteiger partial charge in [0.05, 0.1) is 26.3 Å². The summed E-state index contributed by atoms with van der Waals surface area (Å²) in [6, 6.07) is 8.50. The van der Waals surface area contributed by atoms with E-state index in [0.29, 0.717) is 13.1 Å². The van der Waals surface area contributed by atoms with Gasteiger partial charge in [-0.3, -0.25) is 0 Å². The van der Waals surface area contributed by atoms with E-state index in [1.165, 1.54) is 16.1 Å². The number of hydrogen-bond donors (Lipinski definition) is 2. The Morgan fingerprint density at radius 1 is 1.27 bits per heavy atom. The lowest BCUT2D eigenvalue weighted by Gasteiger charge is -2.30. The number of guanidine groups is 1. The number of hydrogen-bond acceptors (Lipinski definition) is 5. The molecule has 2 aromatic rings. The molecule has 6 nitrogen and oxygen atoms in total. The first-order valence-electron chi connectivity index (χ1n) is 9.10. The third-order valence-corrected chi connectivity index (χ3v) is 5.08. The van der Waals surface area contributed by atoms with Gasteiger partial charge in [0, 0.05) is 36.4 Å². The standard InChI is InChI=1S/C19H27N5OS/c1-3-20-19(23-14-18-21-12-15(2)26-18)22-13-16-6-4-5-7-17(16)24-8-10-25-11-9-24/h4-7,12H,3,8-11,13-14H2,1-2H3,(H2,20,22,23). The largest absolute Gasteiger partial charge is 0.378 e. The van der Waals surface area contributed by atoms with Crippen molar-refractivity contribution in [2.75, 3.05) is 37.7 Å². The van der Waals surface area contributed by atoms with E-state index in [1.54, 1.807) is 11.3 Å². The van der Waals surface area contributed by atoms with Crippen LogP contribution in [0.15, 0.2) is 35.5 Å². The number of morpholine rings is 1. The maximum Gasteiger partial charge on any atom is 0.191 e. The highest BCUT2D eigenvalue weighted by atomic mass is 32.1. The van der Waals surface area contributed by atoms with Crippen LogP contribution in [0.4, 0.5) is 5.69 Å². The molecule has 140 valence electrons. The second-order valence-corrected chi connectivity index (χ2v) is 7.46. The molecule has 0 unspecified atom stereocenters. The number of aryl methyl sites for hydroxylation is 1. The molecule has 0 spiro atoms. The zero-order valence-electron chi connectivity index (χ0n) is 15.5. The number of rotatable bonds is 6. The molecule has 1 saturated heterocycles. The van der Waals surface area contributed by atoms with E-state index in [1.807, 2.05) is 6.20 Å².